The molecule has 102 valence electrons. The summed E-state index contributed by atoms with van der Waals surface area (Å²) in [6, 6.07) is 10.1. The molecule has 3 rings (SSSR count). The van der Waals surface area contributed by atoms with Crippen molar-refractivity contribution in [2.24, 2.45) is 0 Å². The van der Waals surface area contributed by atoms with Crippen molar-refractivity contribution in [3.63, 3.8) is 0 Å². The van der Waals surface area contributed by atoms with Crippen LogP contribution in [0.1, 0.15) is 11.4 Å². The first-order valence-corrected chi connectivity index (χ1v) is 7.21. The summed E-state index contributed by atoms with van der Waals surface area (Å²) in [4.78, 5) is 14.3. The Morgan fingerprint density at radius 3 is 2.95 bits per heavy atom. The number of nitrogens with zero attached hydrogens (tertiary/aromatic N) is 3. The van der Waals surface area contributed by atoms with E-state index in [2.05, 4.69) is 48.9 Å². The molecule has 0 fully saturated rings. The first-order chi connectivity index (χ1) is 9.70. The molecule has 0 atom stereocenters. The third kappa shape index (κ3) is 3.05. The lowest BCUT2D eigenvalue weighted by molar-refractivity contribution is 0.311. The molecule has 0 bridgehead atoms. The smallest absolute Gasteiger partial charge is 0.121 e. The lowest BCUT2D eigenvalue weighted by Gasteiger charge is -2.14. The molecule has 1 N–H and O–H groups in total. The number of aromatic nitrogens is 3. The number of hydrogen-bond acceptors (Lipinski definition) is 3. The van der Waals surface area contributed by atoms with Gasteiger partial charge in [-0.2, -0.15) is 0 Å². The van der Waals surface area contributed by atoms with E-state index in [0.29, 0.717) is 0 Å². The largest absolute Gasteiger partial charge is 0.341 e. The van der Waals surface area contributed by atoms with Crippen molar-refractivity contribution in [2.45, 2.75) is 13.1 Å². The Balaban J connectivity index is 1.72. The van der Waals surface area contributed by atoms with E-state index in [0.717, 1.165) is 34.4 Å². The number of benzene rings is 1. The van der Waals surface area contributed by atoms with E-state index in [1.165, 1.54) is 5.56 Å². The average molecular weight is 331 g/mol. The zero-order chi connectivity index (χ0) is 13.9. The fraction of sp³-hybridized carbons (Fsp3) is 0.200. The predicted octanol–water partition coefficient (Wildman–Crippen LogP) is 3.35. The van der Waals surface area contributed by atoms with Crippen LogP contribution in [0, 0.1) is 0 Å². The molecule has 4 nitrogen and oxygen atoms in total. The second-order valence-corrected chi connectivity index (χ2v) is 5.79. The van der Waals surface area contributed by atoms with Crippen LogP contribution in [-0.2, 0) is 13.1 Å². The number of fused-ring (bicyclic) bond motifs is 1. The van der Waals surface area contributed by atoms with Crippen molar-refractivity contribution < 1.29 is 0 Å². The Labute approximate surface area is 126 Å². The summed E-state index contributed by atoms with van der Waals surface area (Å²) >= 11 is 3.47. The van der Waals surface area contributed by atoms with Crippen LogP contribution in [0.4, 0.5) is 0 Å². The highest BCUT2D eigenvalue weighted by Gasteiger charge is 2.07. The van der Waals surface area contributed by atoms with Crippen molar-refractivity contribution in [3.8, 4) is 0 Å². The van der Waals surface area contributed by atoms with Crippen LogP contribution in [0.25, 0.3) is 11.0 Å². The molecule has 0 saturated heterocycles. The molecule has 0 spiro atoms. The lowest BCUT2D eigenvalue weighted by atomic mass is 10.3. The maximum absolute atomic E-state index is 4.60. The van der Waals surface area contributed by atoms with Crippen molar-refractivity contribution >= 4 is 27.0 Å². The van der Waals surface area contributed by atoms with Gasteiger partial charge in [-0.25, -0.2) is 4.98 Å². The zero-order valence-electron chi connectivity index (χ0n) is 11.2. The summed E-state index contributed by atoms with van der Waals surface area (Å²) in [7, 11) is 2.08. The van der Waals surface area contributed by atoms with Gasteiger partial charge in [0.25, 0.3) is 0 Å². The molecule has 0 saturated carbocycles. The summed E-state index contributed by atoms with van der Waals surface area (Å²) in [5, 5.41) is 0. The second kappa shape index (κ2) is 5.73. The fourth-order valence-electron chi connectivity index (χ4n) is 2.22. The Bertz CT molecular complexity index is 708. The second-order valence-electron chi connectivity index (χ2n) is 4.88. The summed E-state index contributed by atoms with van der Waals surface area (Å²) in [6.07, 6.45) is 3.69. The van der Waals surface area contributed by atoms with Crippen LogP contribution in [0.15, 0.2) is 47.2 Å². The van der Waals surface area contributed by atoms with Gasteiger partial charge in [-0.3, -0.25) is 9.88 Å². The average Bonchev–Trinajstić information content (AvgIpc) is 2.80. The van der Waals surface area contributed by atoms with Gasteiger partial charge in [0.2, 0.25) is 0 Å². The van der Waals surface area contributed by atoms with Gasteiger partial charge in [-0.05, 0) is 36.9 Å². The van der Waals surface area contributed by atoms with Crippen LogP contribution in [0.2, 0.25) is 0 Å². The molecule has 0 amide bonds. The standard InChI is InChI=1S/C15H15BrN4/c1-20(9-11-3-2-6-17-8-11)10-15-18-13-5-4-12(16)7-14(13)19-15/h2-8H,9-10H2,1H3,(H,18,19). The first-order valence-electron chi connectivity index (χ1n) is 6.42. The van der Waals surface area contributed by atoms with Gasteiger partial charge in [0, 0.05) is 23.4 Å². The van der Waals surface area contributed by atoms with Gasteiger partial charge in [0.15, 0.2) is 0 Å². The third-order valence-corrected chi connectivity index (χ3v) is 3.58. The monoisotopic (exact) mass is 330 g/mol. The molecular formula is C15H15BrN4. The maximum Gasteiger partial charge on any atom is 0.121 e. The first kappa shape index (κ1) is 13.3. The highest BCUT2D eigenvalue weighted by atomic mass is 79.9. The minimum absolute atomic E-state index is 0.779. The fourth-order valence-corrected chi connectivity index (χ4v) is 2.59. The van der Waals surface area contributed by atoms with Crippen LogP contribution in [-0.4, -0.2) is 26.9 Å². The van der Waals surface area contributed by atoms with Crippen LogP contribution in [0.3, 0.4) is 0 Å². The minimum atomic E-state index is 0.779. The molecule has 0 aliphatic rings. The van der Waals surface area contributed by atoms with E-state index >= 15 is 0 Å². The van der Waals surface area contributed by atoms with Gasteiger partial charge in [-0.15, -0.1) is 0 Å². The van der Waals surface area contributed by atoms with E-state index in [4.69, 9.17) is 0 Å². The highest BCUT2D eigenvalue weighted by Crippen LogP contribution is 2.18. The molecule has 0 aliphatic heterocycles. The van der Waals surface area contributed by atoms with E-state index < -0.39 is 0 Å². The molecular weight excluding hydrogens is 316 g/mol. The molecule has 2 heterocycles. The number of aromatic amines is 1. The minimum Gasteiger partial charge on any atom is -0.341 e. The lowest BCUT2D eigenvalue weighted by Crippen LogP contribution is -2.18. The SMILES string of the molecule is CN(Cc1cccnc1)Cc1nc2ccc(Br)cc2[nH]1. The number of rotatable bonds is 4. The Morgan fingerprint density at radius 2 is 2.15 bits per heavy atom. The van der Waals surface area contributed by atoms with Crippen LogP contribution in [0.5, 0.6) is 0 Å². The Hall–Kier alpha value is -1.72. The summed E-state index contributed by atoms with van der Waals surface area (Å²) in [5.74, 6) is 0.976. The summed E-state index contributed by atoms with van der Waals surface area (Å²) in [6.45, 7) is 1.63. The molecule has 0 unspecified atom stereocenters. The number of hydrogen-bond donors (Lipinski definition) is 1. The van der Waals surface area contributed by atoms with Crippen molar-refractivity contribution in [2.75, 3.05) is 7.05 Å². The maximum atomic E-state index is 4.60. The van der Waals surface area contributed by atoms with E-state index in [9.17, 15) is 0 Å². The van der Waals surface area contributed by atoms with Gasteiger partial charge >= 0.3 is 0 Å². The number of nitrogens with one attached hydrogen (secondary N) is 1. The number of H-pyrrole nitrogens is 1. The third-order valence-electron chi connectivity index (χ3n) is 3.09. The normalized spacial score (nSPS) is 11.3. The summed E-state index contributed by atoms with van der Waals surface area (Å²) in [5.41, 5.74) is 3.26. The topological polar surface area (TPSA) is 44.8 Å². The highest BCUT2D eigenvalue weighted by molar-refractivity contribution is 9.10. The number of imidazole rings is 1. The molecule has 3 aromatic rings. The molecule has 20 heavy (non-hydrogen) atoms. The van der Waals surface area contributed by atoms with Gasteiger partial charge in [0.1, 0.15) is 5.82 Å². The Morgan fingerprint density at radius 1 is 1.25 bits per heavy atom. The molecule has 1 aromatic carbocycles. The van der Waals surface area contributed by atoms with Gasteiger partial charge < -0.3 is 4.98 Å². The van der Waals surface area contributed by atoms with E-state index in [1.807, 2.05) is 30.5 Å². The molecule has 2 aromatic heterocycles. The molecule has 0 radical (unpaired) electrons. The van der Waals surface area contributed by atoms with Crippen molar-refractivity contribution in [1.29, 1.82) is 0 Å². The van der Waals surface area contributed by atoms with Gasteiger partial charge in [0.05, 0.1) is 17.6 Å². The predicted molar refractivity (Wildman–Crippen MR) is 83.2 cm³/mol. The number of halogens is 1. The van der Waals surface area contributed by atoms with Crippen molar-refractivity contribution in [3.05, 3.63) is 58.6 Å². The van der Waals surface area contributed by atoms with Crippen LogP contribution < -0.4 is 0 Å². The zero-order valence-corrected chi connectivity index (χ0v) is 12.8. The summed E-state index contributed by atoms with van der Waals surface area (Å²) < 4.78 is 1.06. The van der Waals surface area contributed by atoms with E-state index in [-0.39, 0.29) is 0 Å². The molecule has 5 heteroatoms. The number of pyridine rings is 1. The quantitative estimate of drug-likeness (QED) is 0.797. The molecule has 0 aliphatic carbocycles. The van der Waals surface area contributed by atoms with Crippen LogP contribution >= 0.6 is 15.9 Å². The van der Waals surface area contributed by atoms with Crippen molar-refractivity contribution in [1.82, 2.24) is 19.9 Å². The Kier molecular flexibility index (Phi) is 3.80. The van der Waals surface area contributed by atoms with E-state index in [1.54, 1.807) is 6.20 Å². The van der Waals surface area contributed by atoms with Gasteiger partial charge in [-0.1, -0.05) is 22.0 Å².